The van der Waals surface area contributed by atoms with E-state index in [1.165, 1.54) is 16.9 Å². The van der Waals surface area contributed by atoms with E-state index in [0.717, 1.165) is 20.5 Å². The number of nitrogens with zero attached hydrogens (tertiary/aromatic N) is 3. The Hall–Kier alpha value is -2.18. The molecular formula is C19H16BrN3OS. The molecule has 0 N–H and O–H groups in total. The van der Waals surface area contributed by atoms with Gasteiger partial charge in [-0.2, -0.15) is 0 Å². The second-order valence-electron chi connectivity index (χ2n) is 6.00. The van der Waals surface area contributed by atoms with Crippen molar-refractivity contribution >= 4 is 39.0 Å². The lowest BCUT2D eigenvalue weighted by Crippen LogP contribution is -2.42. The lowest BCUT2D eigenvalue weighted by molar-refractivity contribution is 0.569. The van der Waals surface area contributed by atoms with Crippen LogP contribution in [-0.4, -0.2) is 11.2 Å². The number of aryl methyl sites for hydroxylation is 1. The largest absolute Gasteiger partial charge is 0.334 e. The molecule has 126 valence electrons. The molecule has 0 spiro atoms. The maximum atomic E-state index is 12.8. The van der Waals surface area contributed by atoms with E-state index < -0.39 is 0 Å². The Bertz CT molecular complexity index is 1120. The topological polar surface area (TPSA) is 37.6 Å². The Labute approximate surface area is 157 Å². The summed E-state index contributed by atoms with van der Waals surface area (Å²) < 4.78 is 3.46. The zero-order valence-electron chi connectivity index (χ0n) is 13.6. The third kappa shape index (κ3) is 3.32. The maximum Gasteiger partial charge on any atom is 0.271 e. The maximum absolute atomic E-state index is 12.8. The Morgan fingerprint density at radius 3 is 2.84 bits per heavy atom. The van der Waals surface area contributed by atoms with Gasteiger partial charge in [0.15, 0.2) is 4.80 Å². The highest BCUT2D eigenvalue weighted by Gasteiger charge is 2.15. The minimum Gasteiger partial charge on any atom is -0.334 e. The molecule has 3 aromatic rings. The highest BCUT2D eigenvalue weighted by molar-refractivity contribution is 9.10. The van der Waals surface area contributed by atoms with Crippen LogP contribution in [0.15, 0.2) is 62.8 Å². The van der Waals surface area contributed by atoms with Gasteiger partial charge in [-0.25, -0.2) is 4.99 Å². The van der Waals surface area contributed by atoms with E-state index in [1.54, 1.807) is 4.57 Å². The molecule has 6 heteroatoms. The zero-order chi connectivity index (χ0) is 17.4. The summed E-state index contributed by atoms with van der Waals surface area (Å²) in [5.41, 5.74) is 3.30. The van der Waals surface area contributed by atoms with Gasteiger partial charge in [-0.15, -0.1) is 0 Å². The lowest BCUT2D eigenvalue weighted by atomic mass is 10.2. The normalized spacial score (nSPS) is 14.3. The Kier molecular flexibility index (Phi) is 4.31. The number of hydrogen-bond acceptors (Lipinski definition) is 4. The van der Waals surface area contributed by atoms with Gasteiger partial charge in [-0.3, -0.25) is 9.36 Å². The molecular weight excluding hydrogens is 398 g/mol. The van der Waals surface area contributed by atoms with E-state index >= 15 is 0 Å². The van der Waals surface area contributed by atoms with Crippen molar-refractivity contribution in [1.82, 2.24) is 4.57 Å². The monoisotopic (exact) mass is 413 g/mol. The molecule has 0 saturated carbocycles. The number of halogens is 1. The standard InChI is InChI=1S/C19H16BrN3OS/c1-13-4-2-7-16(8-13)22-11-21-19-23(12-22)18(24)17(25-19)10-14-5-3-6-15(20)9-14/h2-10H,11-12H2,1H3. The van der Waals surface area contributed by atoms with E-state index in [0.29, 0.717) is 17.9 Å². The first-order valence-electron chi connectivity index (χ1n) is 7.93. The predicted octanol–water partition coefficient (Wildman–Crippen LogP) is 2.86. The van der Waals surface area contributed by atoms with Crippen molar-refractivity contribution in [2.24, 2.45) is 4.99 Å². The van der Waals surface area contributed by atoms with Crippen molar-refractivity contribution in [3.63, 3.8) is 0 Å². The van der Waals surface area contributed by atoms with Gasteiger partial charge in [0.2, 0.25) is 0 Å². The van der Waals surface area contributed by atoms with Crippen molar-refractivity contribution in [3.05, 3.63) is 83.8 Å². The molecule has 0 radical (unpaired) electrons. The highest BCUT2D eigenvalue weighted by atomic mass is 79.9. The SMILES string of the molecule is Cc1cccc(N2CN=c3sc(=Cc4cccc(Br)c4)c(=O)n3C2)c1. The molecule has 1 aromatic heterocycles. The molecule has 0 unspecified atom stereocenters. The molecule has 0 atom stereocenters. The molecule has 2 heterocycles. The highest BCUT2D eigenvalue weighted by Crippen LogP contribution is 2.17. The molecule has 0 bridgehead atoms. The molecule has 4 nitrogen and oxygen atoms in total. The van der Waals surface area contributed by atoms with Crippen LogP contribution in [0.2, 0.25) is 0 Å². The van der Waals surface area contributed by atoms with Gasteiger partial charge in [0.05, 0.1) is 4.53 Å². The van der Waals surface area contributed by atoms with Crippen LogP contribution in [0.5, 0.6) is 0 Å². The fraction of sp³-hybridized carbons (Fsp3) is 0.158. The van der Waals surface area contributed by atoms with E-state index in [1.807, 2.05) is 36.4 Å². The van der Waals surface area contributed by atoms with E-state index in [4.69, 9.17) is 0 Å². The van der Waals surface area contributed by atoms with Crippen LogP contribution >= 0.6 is 27.3 Å². The summed E-state index contributed by atoms with van der Waals surface area (Å²) >= 11 is 4.91. The minimum absolute atomic E-state index is 0.0149. The van der Waals surface area contributed by atoms with Crippen LogP contribution in [0.1, 0.15) is 11.1 Å². The number of hydrogen-bond donors (Lipinski definition) is 0. The van der Waals surface area contributed by atoms with Gasteiger partial charge in [0, 0.05) is 10.2 Å². The fourth-order valence-corrected chi connectivity index (χ4v) is 4.23. The number of thiazole rings is 1. The van der Waals surface area contributed by atoms with Gasteiger partial charge in [0.1, 0.15) is 13.3 Å². The Morgan fingerprint density at radius 1 is 1.20 bits per heavy atom. The Morgan fingerprint density at radius 2 is 2.04 bits per heavy atom. The van der Waals surface area contributed by atoms with Crippen LogP contribution in [-0.2, 0) is 6.67 Å². The summed E-state index contributed by atoms with van der Waals surface area (Å²) in [4.78, 5) is 20.3. The molecule has 1 aliphatic heterocycles. The van der Waals surface area contributed by atoms with Crippen LogP contribution in [0.3, 0.4) is 0 Å². The zero-order valence-corrected chi connectivity index (χ0v) is 16.0. The first-order valence-corrected chi connectivity index (χ1v) is 9.54. The molecule has 1 aliphatic rings. The number of aromatic nitrogens is 1. The second kappa shape index (κ2) is 6.61. The van der Waals surface area contributed by atoms with Crippen molar-refractivity contribution in [3.8, 4) is 0 Å². The number of fused-ring (bicyclic) bond motifs is 1. The van der Waals surface area contributed by atoms with Crippen molar-refractivity contribution in [2.75, 3.05) is 11.6 Å². The van der Waals surface area contributed by atoms with Gasteiger partial charge in [-0.1, -0.05) is 51.5 Å². The van der Waals surface area contributed by atoms with Crippen molar-refractivity contribution < 1.29 is 0 Å². The molecule has 2 aromatic carbocycles. The molecule has 0 amide bonds. The summed E-state index contributed by atoms with van der Waals surface area (Å²) in [6.45, 7) is 3.17. The predicted molar refractivity (Wildman–Crippen MR) is 106 cm³/mol. The van der Waals surface area contributed by atoms with Crippen molar-refractivity contribution in [1.29, 1.82) is 0 Å². The first-order chi connectivity index (χ1) is 12.1. The quantitative estimate of drug-likeness (QED) is 0.647. The molecule has 0 saturated heterocycles. The fourth-order valence-electron chi connectivity index (χ4n) is 2.85. The smallest absolute Gasteiger partial charge is 0.271 e. The number of anilines is 1. The van der Waals surface area contributed by atoms with Crippen LogP contribution in [0, 0.1) is 6.92 Å². The van der Waals surface area contributed by atoms with E-state index in [9.17, 15) is 4.79 Å². The summed E-state index contributed by atoms with van der Waals surface area (Å²) in [5.74, 6) is 0. The van der Waals surface area contributed by atoms with Crippen molar-refractivity contribution in [2.45, 2.75) is 13.6 Å². The third-order valence-corrected chi connectivity index (χ3v) is 5.63. The molecule has 25 heavy (non-hydrogen) atoms. The Balaban J connectivity index is 1.73. The van der Waals surface area contributed by atoms with Crippen LogP contribution in [0.4, 0.5) is 5.69 Å². The van der Waals surface area contributed by atoms with Gasteiger partial charge in [-0.05, 0) is 48.4 Å². The van der Waals surface area contributed by atoms with E-state index in [2.05, 4.69) is 50.9 Å². The summed E-state index contributed by atoms with van der Waals surface area (Å²) in [6.07, 6.45) is 1.93. The summed E-state index contributed by atoms with van der Waals surface area (Å²) in [5, 5.41) is 0. The lowest BCUT2D eigenvalue weighted by Gasteiger charge is -2.25. The summed E-state index contributed by atoms with van der Waals surface area (Å²) in [7, 11) is 0. The van der Waals surface area contributed by atoms with Crippen LogP contribution in [0.25, 0.3) is 6.08 Å². The average molecular weight is 414 g/mol. The van der Waals surface area contributed by atoms with Gasteiger partial charge < -0.3 is 4.90 Å². The number of benzene rings is 2. The van der Waals surface area contributed by atoms with E-state index in [-0.39, 0.29) is 5.56 Å². The average Bonchev–Trinajstić information content (AvgIpc) is 2.90. The number of rotatable bonds is 2. The minimum atomic E-state index is 0.0149. The third-order valence-electron chi connectivity index (χ3n) is 4.09. The molecule has 0 aliphatic carbocycles. The van der Waals surface area contributed by atoms with Crippen LogP contribution < -0.4 is 19.8 Å². The van der Waals surface area contributed by atoms with Gasteiger partial charge >= 0.3 is 0 Å². The molecule has 4 rings (SSSR count). The first kappa shape index (κ1) is 16.3. The molecule has 0 fully saturated rings. The summed E-state index contributed by atoms with van der Waals surface area (Å²) in [6, 6.07) is 16.2. The second-order valence-corrected chi connectivity index (χ2v) is 7.93. The van der Waals surface area contributed by atoms with Gasteiger partial charge in [0.25, 0.3) is 5.56 Å².